The van der Waals surface area contributed by atoms with Gasteiger partial charge in [0.15, 0.2) is 20.0 Å². The van der Waals surface area contributed by atoms with Gasteiger partial charge in [-0.05, 0) is 62.4 Å². The molecule has 10 heteroatoms. The number of aryl methyl sites for hydroxylation is 2. The highest BCUT2D eigenvalue weighted by Gasteiger charge is 2.18. The number of amides is 2. The molecule has 2 aromatic heterocycles. The molecule has 3 aromatic rings. The number of carbonyl (C=O) groups is 1. The Morgan fingerprint density at radius 2 is 1.91 bits per heavy atom. The third-order valence-corrected chi connectivity index (χ3v) is 8.04. The Balaban J connectivity index is 1.37. The number of sulfone groups is 1. The van der Waals surface area contributed by atoms with Gasteiger partial charge in [0.1, 0.15) is 0 Å². The first kappa shape index (κ1) is 23.2. The summed E-state index contributed by atoms with van der Waals surface area (Å²) >= 11 is 1.26. The lowest BCUT2D eigenvalue weighted by Gasteiger charge is -2.30. The van der Waals surface area contributed by atoms with Crippen LogP contribution in [-0.2, 0) is 16.3 Å². The van der Waals surface area contributed by atoms with Crippen molar-refractivity contribution in [2.45, 2.75) is 37.6 Å². The van der Waals surface area contributed by atoms with Crippen LogP contribution in [0.3, 0.4) is 0 Å². The molecule has 33 heavy (non-hydrogen) atoms. The van der Waals surface area contributed by atoms with Crippen LogP contribution in [0.5, 0.6) is 0 Å². The number of pyridine rings is 1. The van der Waals surface area contributed by atoms with Crippen molar-refractivity contribution in [3.05, 3.63) is 59.2 Å². The predicted molar refractivity (Wildman–Crippen MR) is 132 cm³/mol. The summed E-state index contributed by atoms with van der Waals surface area (Å²) in [4.78, 5) is 23.9. The van der Waals surface area contributed by atoms with Crippen molar-refractivity contribution >= 4 is 43.7 Å². The molecule has 1 saturated heterocycles. The molecule has 0 spiro atoms. The largest absolute Gasteiger partial charge is 0.370 e. The molecular formula is C23H27N5O3S2. The maximum absolute atomic E-state index is 12.6. The van der Waals surface area contributed by atoms with Gasteiger partial charge in [0.05, 0.1) is 17.1 Å². The second-order valence-corrected chi connectivity index (χ2v) is 11.2. The molecule has 1 aliphatic rings. The second kappa shape index (κ2) is 10.3. The Hall–Kier alpha value is -2.98. The zero-order chi connectivity index (χ0) is 23.3. The second-order valence-electron chi connectivity index (χ2n) is 8.02. The van der Waals surface area contributed by atoms with Crippen molar-refractivity contribution in [2.24, 2.45) is 0 Å². The fourth-order valence-electron chi connectivity index (χ4n) is 3.75. The summed E-state index contributed by atoms with van der Waals surface area (Å²) in [7, 11) is -3.47. The normalized spacial score (nSPS) is 14.2. The Bertz CT molecular complexity index is 1210. The molecule has 0 unspecified atom stereocenters. The highest BCUT2D eigenvalue weighted by Crippen LogP contribution is 2.30. The minimum atomic E-state index is -3.47. The topological polar surface area (TPSA) is 104 Å². The zero-order valence-electron chi connectivity index (χ0n) is 18.5. The maximum atomic E-state index is 12.6. The van der Waals surface area contributed by atoms with E-state index in [4.69, 9.17) is 0 Å². The summed E-state index contributed by atoms with van der Waals surface area (Å²) in [6, 6.07) is 10.4. The van der Waals surface area contributed by atoms with Crippen LogP contribution in [0.25, 0.3) is 0 Å². The number of piperidine rings is 1. The summed E-state index contributed by atoms with van der Waals surface area (Å²) in [6.45, 7) is 4.01. The van der Waals surface area contributed by atoms with E-state index in [2.05, 4.69) is 31.6 Å². The lowest BCUT2D eigenvalue weighted by molar-refractivity contribution is 0.262. The summed E-state index contributed by atoms with van der Waals surface area (Å²) in [5, 5.41) is 6.19. The van der Waals surface area contributed by atoms with Crippen LogP contribution in [0.15, 0.2) is 53.8 Å². The first-order valence-corrected chi connectivity index (χ1v) is 13.4. The molecule has 8 nitrogen and oxygen atoms in total. The smallest absolute Gasteiger partial charge is 0.325 e. The molecule has 0 saturated carbocycles. The Labute approximate surface area is 198 Å². The molecule has 2 N–H and O–H groups in total. The number of hydrogen-bond acceptors (Lipinski definition) is 7. The molecule has 174 valence electrons. The molecule has 0 bridgehead atoms. The fraction of sp³-hybridized carbons (Fsp3) is 0.348. The average Bonchev–Trinajstić information content (AvgIpc) is 3.27. The molecule has 0 aliphatic carbocycles. The first-order chi connectivity index (χ1) is 15.9. The van der Waals surface area contributed by atoms with Crippen LogP contribution in [0.4, 0.5) is 21.3 Å². The number of nitrogens with one attached hydrogen (secondary N) is 2. The van der Waals surface area contributed by atoms with E-state index < -0.39 is 9.84 Å². The van der Waals surface area contributed by atoms with E-state index in [-0.39, 0.29) is 16.8 Å². The molecule has 2 amide bonds. The van der Waals surface area contributed by atoms with Gasteiger partial charge in [-0.2, -0.15) is 0 Å². The molecule has 0 atom stereocenters. The molecule has 1 fully saturated rings. The number of nitrogens with zero attached hydrogens (tertiary/aromatic N) is 3. The van der Waals surface area contributed by atoms with Crippen LogP contribution in [0.1, 0.15) is 29.7 Å². The van der Waals surface area contributed by atoms with Crippen LogP contribution < -0.4 is 15.5 Å². The van der Waals surface area contributed by atoms with Crippen molar-refractivity contribution in [1.82, 2.24) is 9.97 Å². The quantitative estimate of drug-likeness (QED) is 0.511. The predicted octanol–water partition coefficient (Wildman–Crippen LogP) is 4.50. The Morgan fingerprint density at radius 1 is 1.09 bits per heavy atom. The highest BCUT2D eigenvalue weighted by atomic mass is 32.2. The van der Waals surface area contributed by atoms with E-state index in [1.807, 2.05) is 19.1 Å². The number of hydrogen-bond donors (Lipinski definition) is 2. The van der Waals surface area contributed by atoms with Crippen molar-refractivity contribution in [1.29, 1.82) is 0 Å². The molecule has 1 aliphatic heterocycles. The van der Waals surface area contributed by atoms with Crippen LogP contribution >= 0.6 is 11.3 Å². The number of urea groups is 1. The van der Waals surface area contributed by atoms with Gasteiger partial charge < -0.3 is 10.2 Å². The number of carbonyl (C=O) groups excluding carboxylic acids is 1. The number of rotatable bonds is 7. The lowest BCUT2D eigenvalue weighted by atomic mass is 10.1. The molecule has 1 aromatic carbocycles. The summed E-state index contributed by atoms with van der Waals surface area (Å²) in [6.07, 6.45) is 6.90. The SMILES string of the molecule is Cc1ccc(NC(=O)Nc2ncc(CCS(=O)(=O)c3ccccn3)s2)c(N2CCCCC2)c1. The van der Waals surface area contributed by atoms with Crippen molar-refractivity contribution in [3.63, 3.8) is 0 Å². The van der Waals surface area contributed by atoms with Gasteiger partial charge in [0.25, 0.3) is 0 Å². The van der Waals surface area contributed by atoms with Gasteiger partial charge in [0.2, 0.25) is 0 Å². The van der Waals surface area contributed by atoms with E-state index in [9.17, 15) is 13.2 Å². The minimum Gasteiger partial charge on any atom is -0.370 e. The Kier molecular flexibility index (Phi) is 7.24. The standard InChI is InChI=1S/C23H27N5O3S2/c1-17-8-9-19(20(15-17)28-12-5-2-6-13-28)26-22(29)27-23-25-16-18(32-23)10-14-33(30,31)21-7-3-4-11-24-21/h3-4,7-9,11,15-16H,2,5-6,10,12-14H2,1H3,(H2,25,26,27,29). The van der Waals surface area contributed by atoms with Gasteiger partial charge >= 0.3 is 6.03 Å². The summed E-state index contributed by atoms with van der Waals surface area (Å²) in [5.74, 6) is -0.0690. The molecule has 0 radical (unpaired) electrons. The number of benzene rings is 1. The number of anilines is 3. The average molecular weight is 486 g/mol. The Morgan fingerprint density at radius 3 is 2.67 bits per heavy atom. The molecule has 3 heterocycles. The number of thiazole rings is 1. The van der Waals surface area contributed by atoms with Gasteiger partial charge in [-0.25, -0.2) is 23.2 Å². The van der Waals surface area contributed by atoms with Crippen molar-refractivity contribution in [3.8, 4) is 0 Å². The van der Waals surface area contributed by atoms with Crippen LogP contribution in [0.2, 0.25) is 0 Å². The lowest BCUT2D eigenvalue weighted by Crippen LogP contribution is -2.31. The molecule has 4 rings (SSSR count). The van der Waals surface area contributed by atoms with Crippen LogP contribution in [-0.4, -0.2) is 43.3 Å². The van der Waals surface area contributed by atoms with Crippen LogP contribution in [0, 0.1) is 6.92 Å². The van der Waals surface area contributed by atoms with E-state index in [1.165, 1.54) is 30.0 Å². The van der Waals surface area contributed by atoms with Crippen molar-refractivity contribution < 1.29 is 13.2 Å². The van der Waals surface area contributed by atoms with E-state index in [0.717, 1.165) is 47.7 Å². The maximum Gasteiger partial charge on any atom is 0.325 e. The minimum absolute atomic E-state index is 0.0647. The van der Waals surface area contributed by atoms with Gasteiger partial charge in [-0.15, -0.1) is 11.3 Å². The van der Waals surface area contributed by atoms with Gasteiger partial charge in [-0.3, -0.25) is 5.32 Å². The fourth-order valence-corrected chi connectivity index (χ4v) is 5.89. The summed E-state index contributed by atoms with van der Waals surface area (Å²) < 4.78 is 24.8. The number of aromatic nitrogens is 2. The van der Waals surface area contributed by atoms with Gasteiger partial charge in [-0.1, -0.05) is 12.1 Å². The van der Waals surface area contributed by atoms with E-state index in [1.54, 1.807) is 18.3 Å². The van der Waals surface area contributed by atoms with Gasteiger partial charge in [0, 0.05) is 30.4 Å². The zero-order valence-corrected chi connectivity index (χ0v) is 20.1. The third-order valence-electron chi connectivity index (χ3n) is 5.45. The summed E-state index contributed by atoms with van der Waals surface area (Å²) in [5.41, 5.74) is 2.94. The molecular weight excluding hydrogens is 458 g/mol. The van der Waals surface area contributed by atoms with E-state index in [0.29, 0.717) is 11.6 Å². The monoisotopic (exact) mass is 485 g/mol. The highest BCUT2D eigenvalue weighted by molar-refractivity contribution is 7.91. The first-order valence-electron chi connectivity index (χ1n) is 10.9. The third kappa shape index (κ3) is 6.08. The van der Waals surface area contributed by atoms with Crippen molar-refractivity contribution in [2.75, 3.05) is 34.4 Å². The van der Waals surface area contributed by atoms with E-state index >= 15 is 0 Å².